The van der Waals surface area contributed by atoms with Crippen LogP contribution in [0.5, 0.6) is 0 Å². The number of ether oxygens (including phenoxy) is 1. The van der Waals surface area contributed by atoms with Gasteiger partial charge in [-0.1, -0.05) is 0 Å². The second-order valence-electron chi connectivity index (χ2n) is 3.06. The molecular weight excluding hydrogens is 206 g/mol. The summed E-state index contributed by atoms with van der Waals surface area (Å²) in [5, 5.41) is 0. The third kappa shape index (κ3) is 1.65. The predicted molar refractivity (Wildman–Crippen MR) is 53.0 cm³/mol. The van der Waals surface area contributed by atoms with Gasteiger partial charge in [0.15, 0.2) is 0 Å². The lowest BCUT2D eigenvalue weighted by Gasteiger charge is -2.16. The Hall–Kier alpha value is -1.29. The van der Waals surface area contributed by atoms with Crippen molar-refractivity contribution in [2.75, 3.05) is 6.61 Å². The normalized spacial score (nSPS) is 13.9. The summed E-state index contributed by atoms with van der Waals surface area (Å²) in [6.45, 7) is 2.09. The molecule has 4 nitrogen and oxygen atoms in total. The van der Waals surface area contributed by atoms with Crippen LogP contribution in [0.15, 0.2) is 10.9 Å². The minimum Gasteiger partial charge on any atom is -0.462 e. The molecule has 5 heteroatoms. The number of aromatic nitrogens is 1. The van der Waals surface area contributed by atoms with Gasteiger partial charge in [-0.25, -0.2) is 4.79 Å². The van der Waals surface area contributed by atoms with Crippen LogP contribution in [0.25, 0.3) is 0 Å². The number of hydrogen-bond donors (Lipinski definition) is 1. The Kier molecular flexibility index (Phi) is 2.96. The van der Waals surface area contributed by atoms with Gasteiger partial charge in [-0.15, -0.1) is 12.4 Å². The van der Waals surface area contributed by atoms with Gasteiger partial charge in [0.1, 0.15) is 0 Å². The number of nitrogens with one attached hydrogen (secondary N) is 1. The number of H-pyrrole nitrogens is 1. The largest absolute Gasteiger partial charge is 0.462 e. The van der Waals surface area contributed by atoms with Gasteiger partial charge in [0.25, 0.3) is 0 Å². The molecule has 0 spiro atoms. The lowest BCUT2D eigenvalue weighted by molar-refractivity contribution is 0.0476. The molecule has 2 heterocycles. The van der Waals surface area contributed by atoms with Crippen LogP contribution in [0.4, 0.5) is 0 Å². The van der Waals surface area contributed by atoms with Crippen LogP contribution in [0.3, 0.4) is 0 Å². The fourth-order valence-corrected chi connectivity index (χ4v) is 1.54. The van der Waals surface area contributed by atoms with Crippen LogP contribution in [0.2, 0.25) is 0 Å². The molecule has 2 rings (SSSR count). The summed E-state index contributed by atoms with van der Waals surface area (Å²) in [5.74, 6) is -0.338. The highest BCUT2D eigenvalue weighted by Crippen LogP contribution is 2.16. The molecule has 0 unspecified atom stereocenters. The van der Waals surface area contributed by atoms with Crippen molar-refractivity contribution in [3.63, 3.8) is 0 Å². The summed E-state index contributed by atoms with van der Waals surface area (Å²) >= 11 is 0. The summed E-state index contributed by atoms with van der Waals surface area (Å²) in [4.78, 5) is 25.0. The minimum absolute atomic E-state index is 0. The van der Waals surface area contributed by atoms with Gasteiger partial charge in [0.2, 0.25) is 5.56 Å². The maximum atomic E-state index is 11.3. The standard InChI is InChI=1S/C9H9NO3.ClH/c1-5-4-7(11)10-6-2-3-13-9(12)8(5)6;/h4H,2-3H2,1H3,(H,10,11);1H. The Morgan fingerprint density at radius 2 is 2.14 bits per heavy atom. The first kappa shape index (κ1) is 10.8. The van der Waals surface area contributed by atoms with E-state index in [1.165, 1.54) is 6.07 Å². The van der Waals surface area contributed by atoms with Gasteiger partial charge in [-0.05, 0) is 12.5 Å². The number of carbonyl (C=O) groups excluding carboxylic acids is 1. The molecule has 1 aromatic rings. The van der Waals surface area contributed by atoms with Gasteiger partial charge >= 0.3 is 5.97 Å². The maximum Gasteiger partial charge on any atom is 0.340 e. The number of hydrogen-bond acceptors (Lipinski definition) is 3. The van der Waals surface area contributed by atoms with Gasteiger partial charge in [-0.3, -0.25) is 4.79 Å². The van der Waals surface area contributed by atoms with E-state index in [2.05, 4.69) is 4.98 Å². The molecule has 0 fully saturated rings. The smallest absolute Gasteiger partial charge is 0.340 e. The highest BCUT2D eigenvalue weighted by Gasteiger charge is 2.21. The number of fused-ring (bicyclic) bond motifs is 1. The topological polar surface area (TPSA) is 59.2 Å². The van der Waals surface area contributed by atoms with Crippen molar-refractivity contribution in [3.05, 3.63) is 33.2 Å². The number of aryl methyl sites for hydroxylation is 1. The summed E-state index contributed by atoms with van der Waals surface area (Å²) in [5.41, 5.74) is 1.74. The third-order valence-electron chi connectivity index (χ3n) is 2.11. The monoisotopic (exact) mass is 215 g/mol. The first-order valence-corrected chi connectivity index (χ1v) is 4.08. The molecule has 14 heavy (non-hydrogen) atoms. The average molecular weight is 216 g/mol. The van der Waals surface area contributed by atoms with E-state index in [1.54, 1.807) is 6.92 Å². The number of pyridine rings is 1. The summed E-state index contributed by atoms with van der Waals surface area (Å²) in [6.07, 6.45) is 0.595. The molecule has 1 aromatic heterocycles. The second kappa shape index (κ2) is 3.84. The summed E-state index contributed by atoms with van der Waals surface area (Å²) in [7, 11) is 0. The predicted octanol–water partition coefficient (Wildman–Crippen LogP) is 0.818. The molecule has 0 aromatic carbocycles. The van der Waals surface area contributed by atoms with Crippen molar-refractivity contribution in [2.24, 2.45) is 0 Å². The van der Waals surface area contributed by atoms with E-state index in [0.29, 0.717) is 29.8 Å². The zero-order valence-corrected chi connectivity index (χ0v) is 8.44. The highest BCUT2D eigenvalue weighted by atomic mass is 35.5. The maximum absolute atomic E-state index is 11.3. The van der Waals surface area contributed by atoms with E-state index in [9.17, 15) is 9.59 Å². The SMILES string of the molecule is Cc1cc(=O)[nH]c2c1C(=O)OCC2.Cl. The molecule has 1 aliphatic heterocycles. The lowest BCUT2D eigenvalue weighted by Crippen LogP contribution is -2.24. The second-order valence-corrected chi connectivity index (χ2v) is 3.06. The molecular formula is C9H10ClNO3. The van der Waals surface area contributed by atoms with E-state index in [0.717, 1.165) is 0 Å². The molecule has 0 saturated heterocycles. The van der Waals surface area contributed by atoms with Gasteiger partial charge in [-0.2, -0.15) is 0 Å². The molecule has 0 saturated carbocycles. The van der Waals surface area contributed by atoms with Crippen molar-refractivity contribution < 1.29 is 9.53 Å². The number of carbonyl (C=O) groups is 1. The molecule has 1 N–H and O–H groups in total. The fraction of sp³-hybridized carbons (Fsp3) is 0.333. The van der Waals surface area contributed by atoms with Gasteiger partial charge in [0, 0.05) is 18.2 Å². The van der Waals surface area contributed by atoms with E-state index in [1.807, 2.05) is 0 Å². The van der Waals surface area contributed by atoms with Crippen LogP contribution < -0.4 is 5.56 Å². The Morgan fingerprint density at radius 3 is 2.86 bits per heavy atom. The van der Waals surface area contributed by atoms with E-state index in [4.69, 9.17) is 4.74 Å². The van der Waals surface area contributed by atoms with Crippen LogP contribution in [-0.4, -0.2) is 17.6 Å². The fourth-order valence-electron chi connectivity index (χ4n) is 1.54. The quantitative estimate of drug-likeness (QED) is 0.652. The van der Waals surface area contributed by atoms with Crippen molar-refractivity contribution >= 4 is 18.4 Å². The number of halogens is 1. The number of esters is 1. The summed E-state index contributed by atoms with van der Waals surface area (Å²) in [6, 6.07) is 1.41. The van der Waals surface area contributed by atoms with Crippen LogP contribution >= 0.6 is 12.4 Å². The van der Waals surface area contributed by atoms with E-state index >= 15 is 0 Å². The molecule has 76 valence electrons. The van der Waals surface area contributed by atoms with Crippen LogP contribution in [0.1, 0.15) is 21.6 Å². The van der Waals surface area contributed by atoms with Gasteiger partial charge in [0.05, 0.1) is 12.2 Å². The van der Waals surface area contributed by atoms with Crippen LogP contribution in [0, 0.1) is 6.92 Å². The Bertz CT molecular complexity index is 425. The highest BCUT2D eigenvalue weighted by molar-refractivity contribution is 5.92. The minimum atomic E-state index is -0.338. The molecule has 0 bridgehead atoms. The van der Waals surface area contributed by atoms with Crippen molar-refractivity contribution in [1.29, 1.82) is 0 Å². The number of cyclic esters (lactones) is 1. The van der Waals surface area contributed by atoms with Crippen molar-refractivity contribution in [1.82, 2.24) is 4.98 Å². The molecule has 0 atom stereocenters. The third-order valence-corrected chi connectivity index (χ3v) is 2.11. The Labute approximate surface area is 86.7 Å². The summed E-state index contributed by atoms with van der Waals surface area (Å²) < 4.78 is 4.86. The lowest BCUT2D eigenvalue weighted by atomic mass is 10.0. The van der Waals surface area contributed by atoms with Gasteiger partial charge < -0.3 is 9.72 Å². The Morgan fingerprint density at radius 1 is 1.43 bits per heavy atom. The van der Waals surface area contributed by atoms with Crippen molar-refractivity contribution in [3.8, 4) is 0 Å². The molecule has 0 aliphatic carbocycles. The average Bonchev–Trinajstić information content (AvgIpc) is 2.02. The number of rotatable bonds is 0. The molecule has 0 radical (unpaired) electrons. The molecule has 0 amide bonds. The number of aromatic amines is 1. The van der Waals surface area contributed by atoms with E-state index in [-0.39, 0.29) is 23.9 Å². The first-order valence-electron chi connectivity index (χ1n) is 4.08. The Balaban J connectivity index is 0.000000980. The first-order chi connectivity index (χ1) is 6.18. The van der Waals surface area contributed by atoms with Crippen LogP contribution in [-0.2, 0) is 11.2 Å². The van der Waals surface area contributed by atoms with E-state index < -0.39 is 0 Å². The zero-order valence-electron chi connectivity index (χ0n) is 7.62. The van der Waals surface area contributed by atoms with Crippen molar-refractivity contribution in [2.45, 2.75) is 13.3 Å². The molecule has 1 aliphatic rings. The zero-order chi connectivity index (χ0) is 9.42.